The van der Waals surface area contributed by atoms with E-state index in [2.05, 4.69) is 11.2 Å². The van der Waals surface area contributed by atoms with Crippen molar-refractivity contribution in [2.24, 2.45) is 0 Å². The van der Waals surface area contributed by atoms with Crippen molar-refractivity contribution in [1.82, 2.24) is 9.78 Å². The predicted molar refractivity (Wildman–Crippen MR) is 94.6 cm³/mol. The van der Waals surface area contributed by atoms with Crippen LogP contribution in [0.1, 0.15) is 27.2 Å². The van der Waals surface area contributed by atoms with Gasteiger partial charge < -0.3 is 5.11 Å². The Kier molecular flexibility index (Phi) is 4.55. The standard InChI is InChI=1S/C19H14ClN3O2/c1-12-17(15-6-2-13(10-21)3-7-15)18(20)22-23(12)11-14-4-8-16(9-5-14)19(24)25/h2-9H,11H2,1H3,(H,24,25). The molecule has 0 unspecified atom stereocenters. The largest absolute Gasteiger partial charge is 0.478 e. The fourth-order valence-electron chi connectivity index (χ4n) is 2.63. The Morgan fingerprint density at radius 2 is 1.84 bits per heavy atom. The van der Waals surface area contributed by atoms with Crippen LogP contribution in [-0.4, -0.2) is 20.9 Å². The van der Waals surface area contributed by atoms with Gasteiger partial charge in [-0.2, -0.15) is 10.4 Å². The minimum absolute atomic E-state index is 0.247. The summed E-state index contributed by atoms with van der Waals surface area (Å²) >= 11 is 6.32. The maximum Gasteiger partial charge on any atom is 0.335 e. The molecule has 0 amide bonds. The van der Waals surface area contributed by atoms with E-state index >= 15 is 0 Å². The first kappa shape index (κ1) is 16.7. The Morgan fingerprint density at radius 3 is 2.40 bits per heavy atom. The first-order chi connectivity index (χ1) is 12.0. The molecule has 124 valence electrons. The molecule has 3 rings (SSSR count). The number of carboxylic acids is 1. The highest BCUT2D eigenvalue weighted by molar-refractivity contribution is 6.32. The molecule has 3 aromatic rings. The van der Waals surface area contributed by atoms with E-state index in [1.165, 1.54) is 0 Å². The lowest BCUT2D eigenvalue weighted by Crippen LogP contribution is -2.04. The van der Waals surface area contributed by atoms with E-state index in [0.29, 0.717) is 17.3 Å². The summed E-state index contributed by atoms with van der Waals surface area (Å²) in [6.07, 6.45) is 0. The molecule has 0 aliphatic carbocycles. The number of benzene rings is 2. The Balaban J connectivity index is 1.91. The van der Waals surface area contributed by atoms with Gasteiger partial charge in [-0.1, -0.05) is 35.9 Å². The zero-order valence-electron chi connectivity index (χ0n) is 13.4. The molecule has 0 saturated carbocycles. The molecule has 0 spiro atoms. The molecule has 0 radical (unpaired) electrons. The van der Waals surface area contributed by atoms with Gasteiger partial charge in [0.2, 0.25) is 0 Å². The van der Waals surface area contributed by atoms with Crippen molar-refractivity contribution in [3.8, 4) is 17.2 Å². The summed E-state index contributed by atoms with van der Waals surface area (Å²) in [5.41, 5.74) is 4.39. The van der Waals surface area contributed by atoms with Crippen molar-refractivity contribution in [3.05, 3.63) is 76.1 Å². The van der Waals surface area contributed by atoms with E-state index < -0.39 is 5.97 Å². The predicted octanol–water partition coefficient (Wildman–Crippen LogP) is 4.13. The van der Waals surface area contributed by atoms with Crippen LogP contribution in [0.4, 0.5) is 0 Å². The number of nitrogens with zero attached hydrogens (tertiary/aromatic N) is 3. The molecular weight excluding hydrogens is 338 g/mol. The van der Waals surface area contributed by atoms with Crippen LogP contribution in [0, 0.1) is 18.3 Å². The van der Waals surface area contributed by atoms with E-state index in [9.17, 15) is 4.79 Å². The highest BCUT2D eigenvalue weighted by atomic mass is 35.5. The molecule has 2 aromatic carbocycles. The second-order valence-electron chi connectivity index (χ2n) is 5.60. The van der Waals surface area contributed by atoms with E-state index in [1.54, 1.807) is 41.1 Å². The Hall–Kier alpha value is -3.10. The van der Waals surface area contributed by atoms with Gasteiger partial charge >= 0.3 is 5.97 Å². The van der Waals surface area contributed by atoms with Crippen molar-refractivity contribution >= 4 is 17.6 Å². The number of nitriles is 1. The van der Waals surface area contributed by atoms with Crippen LogP contribution < -0.4 is 0 Å². The molecule has 0 bridgehead atoms. The fourth-order valence-corrected chi connectivity index (χ4v) is 2.97. The number of carbonyl (C=O) groups is 1. The number of hydrogen-bond acceptors (Lipinski definition) is 3. The van der Waals surface area contributed by atoms with Crippen LogP contribution in [0.3, 0.4) is 0 Å². The van der Waals surface area contributed by atoms with E-state index in [1.807, 2.05) is 19.1 Å². The van der Waals surface area contributed by atoms with Gasteiger partial charge in [0.15, 0.2) is 5.15 Å². The second-order valence-corrected chi connectivity index (χ2v) is 5.96. The topological polar surface area (TPSA) is 78.9 Å². The normalized spacial score (nSPS) is 10.4. The summed E-state index contributed by atoms with van der Waals surface area (Å²) in [7, 11) is 0. The Labute approximate surface area is 149 Å². The minimum Gasteiger partial charge on any atom is -0.478 e. The molecule has 1 heterocycles. The number of aromatic nitrogens is 2. The van der Waals surface area contributed by atoms with Crippen molar-refractivity contribution < 1.29 is 9.90 Å². The highest BCUT2D eigenvalue weighted by Gasteiger charge is 2.15. The van der Waals surface area contributed by atoms with E-state index in [0.717, 1.165) is 22.4 Å². The maximum atomic E-state index is 10.9. The van der Waals surface area contributed by atoms with Gasteiger partial charge in [0.25, 0.3) is 0 Å². The molecular formula is C19H14ClN3O2. The van der Waals surface area contributed by atoms with Gasteiger partial charge in [0.1, 0.15) is 0 Å². The van der Waals surface area contributed by atoms with Gasteiger partial charge in [-0.25, -0.2) is 4.79 Å². The summed E-state index contributed by atoms with van der Waals surface area (Å²) in [4.78, 5) is 10.9. The first-order valence-corrected chi connectivity index (χ1v) is 7.93. The van der Waals surface area contributed by atoms with Gasteiger partial charge in [0, 0.05) is 11.3 Å². The molecule has 5 nitrogen and oxygen atoms in total. The molecule has 1 N–H and O–H groups in total. The summed E-state index contributed by atoms with van der Waals surface area (Å²) in [6.45, 7) is 2.42. The third-order valence-corrected chi connectivity index (χ3v) is 4.26. The van der Waals surface area contributed by atoms with Crippen molar-refractivity contribution in [2.75, 3.05) is 0 Å². The van der Waals surface area contributed by atoms with Crippen LogP contribution in [0.5, 0.6) is 0 Å². The number of aromatic carboxylic acids is 1. The molecule has 25 heavy (non-hydrogen) atoms. The number of carboxylic acid groups (broad SMARTS) is 1. The van der Waals surface area contributed by atoms with Crippen LogP contribution in [-0.2, 0) is 6.54 Å². The zero-order valence-corrected chi connectivity index (χ0v) is 14.2. The van der Waals surface area contributed by atoms with Crippen molar-refractivity contribution in [1.29, 1.82) is 5.26 Å². The van der Waals surface area contributed by atoms with E-state index in [4.69, 9.17) is 22.0 Å². The summed E-state index contributed by atoms with van der Waals surface area (Å²) in [5.74, 6) is -0.951. The summed E-state index contributed by atoms with van der Waals surface area (Å²) in [6, 6.07) is 15.9. The van der Waals surface area contributed by atoms with Crippen molar-refractivity contribution in [3.63, 3.8) is 0 Å². The number of halogens is 1. The maximum absolute atomic E-state index is 10.9. The van der Waals surface area contributed by atoms with Gasteiger partial charge in [-0.3, -0.25) is 4.68 Å². The minimum atomic E-state index is -0.951. The molecule has 0 fully saturated rings. The van der Waals surface area contributed by atoms with Gasteiger partial charge in [0.05, 0.1) is 23.7 Å². The average molecular weight is 352 g/mol. The van der Waals surface area contributed by atoms with Gasteiger partial charge in [-0.05, 0) is 42.3 Å². The lowest BCUT2D eigenvalue weighted by Gasteiger charge is -2.06. The molecule has 0 aliphatic heterocycles. The number of rotatable bonds is 4. The number of hydrogen-bond donors (Lipinski definition) is 1. The zero-order chi connectivity index (χ0) is 18.0. The van der Waals surface area contributed by atoms with Crippen LogP contribution >= 0.6 is 11.6 Å². The quantitative estimate of drug-likeness (QED) is 0.766. The molecule has 0 atom stereocenters. The third kappa shape index (κ3) is 3.39. The Bertz CT molecular complexity index is 968. The highest BCUT2D eigenvalue weighted by Crippen LogP contribution is 2.31. The van der Waals surface area contributed by atoms with Crippen molar-refractivity contribution in [2.45, 2.75) is 13.5 Å². The lowest BCUT2D eigenvalue weighted by atomic mass is 10.1. The summed E-state index contributed by atoms with van der Waals surface area (Å²) in [5, 5.41) is 22.6. The van der Waals surface area contributed by atoms with Gasteiger partial charge in [-0.15, -0.1) is 0 Å². The summed E-state index contributed by atoms with van der Waals surface area (Å²) < 4.78 is 1.78. The van der Waals surface area contributed by atoms with Crippen LogP contribution in [0.15, 0.2) is 48.5 Å². The van der Waals surface area contributed by atoms with Crippen LogP contribution in [0.2, 0.25) is 5.15 Å². The molecule has 0 saturated heterocycles. The average Bonchev–Trinajstić information content (AvgIpc) is 2.89. The van der Waals surface area contributed by atoms with Crippen LogP contribution in [0.25, 0.3) is 11.1 Å². The lowest BCUT2D eigenvalue weighted by molar-refractivity contribution is 0.0697. The molecule has 6 heteroatoms. The smallest absolute Gasteiger partial charge is 0.335 e. The SMILES string of the molecule is Cc1c(-c2ccc(C#N)cc2)c(Cl)nn1Cc1ccc(C(=O)O)cc1. The second kappa shape index (κ2) is 6.80. The Morgan fingerprint density at radius 1 is 1.20 bits per heavy atom. The monoisotopic (exact) mass is 351 g/mol. The fraction of sp³-hybridized carbons (Fsp3) is 0.105. The first-order valence-electron chi connectivity index (χ1n) is 7.55. The molecule has 0 aliphatic rings. The third-order valence-electron chi connectivity index (χ3n) is 4.00. The van der Waals surface area contributed by atoms with E-state index in [-0.39, 0.29) is 5.56 Å². The molecule has 1 aromatic heterocycles.